The van der Waals surface area contributed by atoms with Gasteiger partial charge in [0, 0.05) is 43.1 Å². The Morgan fingerprint density at radius 2 is 0.667 bits per heavy atom. The van der Waals surface area contributed by atoms with Crippen molar-refractivity contribution in [1.82, 2.24) is 0 Å². The first kappa shape index (κ1) is 44.2. The number of halogens is 2. The van der Waals surface area contributed by atoms with Gasteiger partial charge in [0.25, 0.3) is 0 Å². The van der Waals surface area contributed by atoms with Crippen LogP contribution in [0.2, 0.25) is 0 Å². The maximum Gasteiger partial charge on any atom is 0.0494 e. The number of nitrogens with zero attached hydrogens (tertiary/aromatic N) is 2. The van der Waals surface area contributed by atoms with Crippen LogP contribution in [0.15, 0.2) is 167 Å². The Kier molecular flexibility index (Phi) is 11.5. The third kappa shape index (κ3) is 8.48. The van der Waals surface area contributed by atoms with Crippen LogP contribution in [0.4, 0.5) is 34.1 Å². The number of hydrogen-bond acceptors (Lipinski definition) is 2. The predicted molar refractivity (Wildman–Crippen MR) is 289 cm³/mol. The van der Waals surface area contributed by atoms with Crippen LogP contribution in [0.25, 0.3) is 33.4 Å². The zero-order valence-electron chi connectivity index (χ0n) is 39.5. The SMILES string of the molecule is Cc1cc(N2c3ccc(Br)cc3CCc3cc(-c4ccc(C(C)(C)C)cc4)ccc32)ccc1-c1ccc(N2c3ccc(Br)cc3CCc3cc(-c4ccc(C(C)(C)C)cc4)ccc32)cc1C. The third-order valence-electron chi connectivity index (χ3n) is 13.9. The van der Waals surface area contributed by atoms with Crippen LogP contribution in [0, 0.1) is 13.8 Å². The molecule has 0 aliphatic carbocycles. The van der Waals surface area contributed by atoms with E-state index in [0.29, 0.717) is 0 Å². The number of anilines is 6. The van der Waals surface area contributed by atoms with Crippen LogP contribution in [0.3, 0.4) is 0 Å². The molecule has 8 aromatic carbocycles. The van der Waals surface area contributed by atoms with Crippen molar-refractivity contribution in [1.29, 1.82) is 0 Å². The van der Waals surface area contributed by atoms with E-state index in [0.717, 1.165) is 34.6 Å². The highest BCUT2D eigenvalue weighted by atomic mass is 79.9. The second kappa shape index (κ2) is 17.2. The van der Waals surface area contributed by atoms with Crippen molar-refractivity contribution in [2.75, 3.05) is 9.80 Å². The lowest BCUT2D eigenvalue weighted by Crippen LogP contribution is -2.12. The quantitative estimate of drug-likeness (QED) is 0.170. The molecule has 2 nitrogen and oxygen atoms in total. The molecule has 0 unspecified atom stereocenters. The summed E-state index contributed by atoms with van der Waals surface area (Å²) in [7, 11) is 0. The van der Waals surface area contributed by atoms with Gasteiger partial charge in [0.2, 0.25) is 0 Å². The van der Waals surface area contributed by atoms with E-state index in [4.69, 9.17) is 0 Å². The molecule has 0 saturated carbocycles. The van der Waals surface area contributed by atoms with Crippen LogP contribution in [0.1, 0.15) is 86.1 Å². The van der Waals surface area contributed by atoms with Gasteiger partial charge in [-0.2, -0.15) is 0 Å². The Bertz CT molecular complexity index is 2930. The molecule has 0 aromatic heterocycles. The maximum atomic E-state index is 3.79. The Hall–Kier alpha value is -5.68. The Morgan fingerprint density at radius 1 is 0.348 bits per heavy atom. The molecule has 0 spiro atoms. The van der Waals surface area contributed by atoms with Crippen LogP contribution < -0.4 is 9.80 Å². The van der Waals surface area contributed by atoms with Gasteiger partial charge in [-0.15, -0.1) is 0 Å². The van der Waals surface area contributed by atoms with Gasteiger partial charge >= 0.3 is 0 Å². The zero-order valence-corrected chi connectivity index (χ0v) is 42.7. The average Bonchev–Trinajstić information content (AvgIpc) is 3.55. The lowest BCUT2D eigenvalue weighted by molar-refractivity contribution is 0.590. The fraction of sp³-hybridized carbons (Fsp3) is 0.226. The number of aryl methyl sites for hydroxylation is 6. The molecule has 0 atom stereocenters. The average molecular weight is 991 g/mol. The molecule has 2 aliphatic heterocycles. The summed E-state index contributed by atoms with van der Waals surface area (Å²) in [6.45, 7) is 18.2. The van der Waals surface area contributed by atoms with Crippen molar-refractivity contribution >= 4 is 66.0 Å². The second-order valence-electron chi connectivity index (χ2n) is 20.6. The van der Waals surface area contributed by atoms with Gasteiger partial charge in [-0.05, 0) is 213 Å². The predicted octanol–water partition coefficient (Wildman–Crippen LogP) is 18.6. The van der Waals surface area contributed by atoms with E-state index >= 15 is 0 Å². The summed E-state index contributed by atoms with van der Waals surface area (Å²) >= 11 is 7.58. The topological polar surface area (TPSA) is 6.48 Å². The molecule has 10 rings (SSSR count). The minimum Gasteiger partial charge on any atom is -0.310 e. The molecule has 8 aromatic rings. The van der Waals surface area contributed by atoms with E-state index in [2.05, 4.69) is 255 Å². The minimum absolute atomic E-state index is 0.124. The standard InChI is InChI=1S/C62H58Br2N2/c1-39-33-53(65-57-29-17-43(41-13-19-49(20-14-41)61(3,4)5)35-45(57)9-11-47-37-51(63)23-31-59(47)65)25-27-55(39)56-28-26-54(34-40(56)2)66-58-30-18-44(42-15-21-50(22-16-42)62(6,7)8)36-46(58)10-12-48-38-52(64)24-32-60(48)66/h13-38H,9-12H2,1-8H3. The number of benzene rings is 8. The lowest BCUT2D eigenvalue weighted by Gasteiger charge is -2.29. The molecular formula is C62H58Br2N2. The van der Waals surface area contributed by atoms with Crippen LogP contribution in [0.5, 0.6) is 0 Å². The van der Waals surface area contributed by atoms with Gasteiger partial charge < -0.3 is 9.80 Å². The van der Waals surface area contributed by atoms with E-state index in [-0.39, 0.29) is 10.8 Å². The number of hydrogen-bond donors (Lipinski definition) is 0. The lowest BCUT2D eigenvalue weighted by atomic mass is 9.86. The van der Waals surface area contributed by atoms with E-state index in [9.17, 15) is 0 Å². The second-order valence-corrected chi connectivity index (χ2v) is 22.4. The van der Waals surface area contributed by atoms with E-state index in [1.165, 1.54) is 112 Å². The monoisotopic (exact) mass is 988 g/mol. The third-order valence-corrected chi connectivity index (χ3v) is 14.9. The largest absolute Gasteiger partial charge is 0.310 e. The van der Waals surface area contributed by atoms with Crippen molar-refractivity contribution < 1.29 is 0 Å². The van der Waals surface area contributed by atoms with E-state index < -0.39 is 0 Å². The molecule has 66 heavy (non-hydrogen) atoms. The minimum atomic E-state index is 0.124. The molecule has 0 N–H and O–H groups in total. The molecule has 0 fully saturated rings. The first-order chi connectivity index (χ1) is 31.6. The first-order valence-electron chi connectivity index (χ1n) is 23.5. The fourth-order valence-electron chi connectivity index (χ4n) is 10.2. The Labute approximate surface area is 409 Å². The summed E-state index contributed by atoms with van der Waals surface area (Å²) in [5, 5.41) is 0. The normalized spacial score (nSPS) is 13.6. The molecule has 0 saturated heterocycles. The van der Waals surface area contributed by atoms with Crippen molar-refractivity contribution in [3.05, 3.63) is 211 Å². The van der Waals surface area contributed by atoms with E-state index in [1.807, 2.05) is 0 Å². The van der Waals surface area contributed by atoms with Gasteiger partial charge in [0.1, 0.15) is 0 Å². The summed E-state index contributed by atoms with van der Waals surface area (Å²) in [5.41, 5.74) is 25.7. The molecule has 2 heterocycles. The van der Waals surface area contributed by atoms with Crippen molar-refractivity contribution in [2.24, 2.45) is 0 Å². The highest BCUT2D eigenvalue weighted by Crippen LogP contribution is 2.47. The van der Waals surface area contributed by atoms with Crippen molar-refractivity contribution in [2.45, 2.75) is 91.9 Å². The van der Waals surface area contributed by atoms with E-state index in [1.54, 1.807) is 0 Å². The van der Waals surface area contributed by atoms with Crippen LogP contribution >= 0.6 is 31.9 Å². The summed E-state index contributed by atoms with van der Waals surface area (Å²) in [5.74, 6) is 0. The van der Waals surface area contributed by atoms with Crippen LogP contribution in [-0.2, 0) is 36.5 Å². The smallest absolute Gasteiger partial charge is 0.0494 e. The molecule has 0 amide bonds. The fourth-order valence-corrected chi connectivity index (χ4v) is 11.0. The summed E-state index contributed by atoms with van der Waals surface area (Å²) in [6, 6.07) is 60.0. The maximum absolute atomic E-state index is 3.79. The molecule has 0 radical (unpaired) electrons. The van der Waals surface area contributed by atoms with Crippen LogP contribution in [-0.4, -0.2) is 0 Å². The highest BCUT2D eigenvalue weighted by molar-refractivity contribution is 9.10. The van der Waals surface area contributed by atoms with Crippen molar-refractivity contribution in [3.63, 3.8) is 0 Å². The molecule has 330 valence electrons. The first-order valence-corrected chi connectivity index (χ1v) is 25.0. The van der Waals surface area contributed by atoms with Gasteiger partial charge in [-0.25, -0.2) is 0 Å². The molecule has 2 aliphatic rings. The number of rotatable bonds is 5. The summed E-state index contributed by atoms with van der Waals surface area (Å²) < 4.78 is 2.23. The van der Waals surface area contributed by atoms with Crippen molar-refractivity contribution in [3.8, 4) is 33.4 Å². The molecular weight excluding hydrogens is 933 g/mol. The Balaban J connectivity index is 1.00. The summed E-state index contributed by atoms with van der Waals surface area (Å²) in [6.07, 6.45) is 3.90. The molecule has 0 bridgehead atoms. The summed E-state index contributed by atoms with van der Waals surface area (Å²) in [4.78, 5) is 4.98. The zero-order chi connectivity index (χ0) is 46.1. The van der Waals surface area contributed by atoms with Gasteiger partial charge in [-0.3, -0.25) is 0 Å². The van der Waals surface area contributed by atoms with Gasteiger partial charge in [0.15, 0.2) is 0 Å². The number of fused-ring (bicyclic) bond motifs is 4. The highest BCUT2D eigenvalue weighted by Gasteiger charge is 2.26. The molecule has 4 heteroatoms. The Morgan fingerprint density at radius 3 is 1.00 bits per heavy atom. The van der Waals surface area contributed by atoms with Gasteiger partial charge in [0.05, 0.1) is 0 Å². The van der Waals surface area contributed by atoms with Gasteiger partial charge in [-0.1, -0.05) is 146 Å².